The van der Waals surface area contributed by atoms with Gasteiger partial charge in [-0.15, -0.1) is 0 Å². The number of furan rings is 1. The van der Waals surface area contributed by atoms with Gasteiger partial charge in [-0.25, -0.2) is 4.39 Å². The highest BCUT2D eigenvalue weighted by Gasteiger charge is 2.12. The number of hydrogen-bond donors (Lipinski definition) is 1. The van der Waals surface area contributed by atoms with Gasteiger partial charge in [0.1, 0.15) is 18.1 Å². The van der Waals surface area contributed by atoms with Crippen molar-refractivity contribution >= 4 is 5.91 Å². The second-order valence-corrected chi connectivity index (χ2v) is 5.21. The monoisotopic (exact) mass is 313 g/mol. The first kappa shape index (κ1) is 15.0. The number of hydrogen-bond acceptors (Lipinski definition) is 3. The minimum Gasteiger partial charge on any atom is -0.467 e. The van der Waals surface area contributed by atoms with E-state index in [-0.39, 0.29) is 24.3 Å². The van der Waals surface area contributed by atoms with Gasteiger partial charge in [-0.1, -0.05) is 0 Å². The Morgan fingerprint density at radius 2 is 2.09 bits per heavy atom. The van der Waals surface area contributed by atoms with Crippen molar-refractivity contribution in [2.24, 2.45) is 0 Å². The molecule has 0 aliphatic rings. The molecule has 0 spiro atoms. The summed E-state index contributed by atoms with van der Waals surface area (Å²) in [6, 6.07) is 11.2. The fraction of sp³-hybridized carbons (Fsp3) is 0.176. The number of aromatic nitrogens is 2. The van der Waals surface area contributed by atoms with Crippen molar-refractivity contribution in [2.75, 3.05) is 0 Å². The summed E-state index contributed by atoms with van der Waals surface area (Å²) in [6.07, 6.45) is 3.29. The SMILES string of the molecule is CC(NC(=O)Cn1ccc(-c2ccc(F)cc2)n1)c1ccco1. The number of nitrogens with zero attached hydrogens (tertiary/aromatic N) is 2. The summed E-state index contributed by atoms with van der Waals surface area (Å²) in [5, 5.41) is 7.17. The standard InChI is InChI=1S/C17H16FN3O2/c1-12(16-3-2-10-23-16)19-17(22)11-21-9-8-15(20-21)13-4-6-14(18)7-5-13/h2-10,12H,11H2,1H3,(H,19,22). The van der Waals surface area contributed by atoms with Crippen LogP contribution in [0.2, 0.25) is 0 Å². The summed E-state index contributed by atoms with van der Waals surface area (Å²) < 4.78 is 19.7. The average molecular weight is 313 g/mol. The molecule has 5 nitrogen and oxygen atoms in total. The van der Waals surface area contributed by atoms with Crippen molar-refractivity contribution in [3.63, 3.8) is 0 Å². The van der Waals surface area contributed by atoms with Crippen molar-refractivity contribution in [3.8, 4) is 11.3 Å². The first-order valence-electron chi connectivity index (χ1n) is 7.24. The lowest BCUT2D eigenvalue weighted by atomic mass is 10.1. The lowest BCUT2D eigenvalue weighted by Crippen LogP contribution is -2.30. The highest BCUT2D eigenvalue weighted by atomic mass is 19.1. The summed E-state index contributed by atoms with van der Waals surface area (Å²) >= 11 is 0. The van der Waals surface area contributed by atoms with Gasteiger partial charge in [0.05, 0.1) is 18.0 Å². The topological polar surface area (TPSA) is 60.1 Å². The van der Waals surface area contributed by atoms with Crippen molar-refractivity contribution < 1.29 is 13.6 Å². The van der Waals surface area contributed by atoms with E-state index in [9.17, 15) is 9.18 Å². The molecule has 0 fully saturated rings. The molecule has 1 unspecified atom stereocenters. The Morgan fingerprint density at radius 3 is 2.78 bits per heavy atom. The zero-order valence-electron chi connectivity index (χ0n) is 12.6. The maximum absolute atomic E-state index is 12.9. The Labute approximate surface area is 132 Å². The van der Waals surface area contributed by atoms with Crippen LogP contribution in [-0.4, -0.2) is 15.7 Å². The van der Waals surface area contributed by atoms with E-state index in [2.05, 4.69) is 10.4 Å². The molecule has 2 heterocycles. The van der Waals surface area contributed by atoms with Crippen LogP contribution in [-0.2, 0) is 11.3 Å². The van der Waals surface area contributed by atoms with Crippen LogP contribution >= 0.6 is 0 Å². The van der Waals surface area contributed by atoms with Gasteiger partial charge in [-0.2, -0.15) is 5.10 Å². The number of amides is 1. The van der Waals surface area contributed by atoms with Gasteiger partial charge in [0, 0.05) is 11.8 Å². The van der Waals surface area contributed by atoms with Gasteiger partial charge >= 0.3 is 0 Å². The Bertz CT molecular complexity index is 779. The van der Waals surface area contributed by atoms with Gasteiger partial charge in [0.2, 0.25) is 5.91 Å². The van der Waals surface area contributed by atoms with Crippen LogP contribution in [0, 0.1) is 5.82 Å². The fourth-order valence-electron chi connectivity index (χ4n) is 2.27. The average Bonchev–Trinajstić information content (AvgIpc) is 3.19. The Hall–Kier alpha value is -2.89. The molecule has 2 aromatic heterocycles. The zero-order valence-corrected chi connectivity index (χ0v) is 12.6. The predicted octanol–water partition coefficient (Wildman–Crippen LogP) is 3.16. The van der Waals surface area contributed by atoms with E-state index in [1.165, 1.54) is 12.1 Å². The molecule has 0 aliphatic heterocycles. The maximum atomic E-state index is 12.9. The zero-order chi connectivity index (χ0) is 16.2. The summed E-state index contributed by atoms with van der Waals surface area (Å²) in [7, 11) is 0. The van der Waals surface area contributed by atoms with E-state index in [4.69, 9.17) is 4.42 Å². The lowest BCUT2D eigenvalue weighted by molar-refractivity contribution is -0.122. The molecule has 3 rings (SSSR count). The van der Waals surface area contributed by atoms with Gasteiger partial charge in [-0.3, -0.25) is 9.48 Å². The number of nitrogens with one attached hydrogen (secondary N) is 1. The molecular weight excluding hydrogens is 297 g/mol. The van der Waals surface area contributed by atoms with Gasteiger partial charge < -0.3 is 9.73 Å². The molecule has 0 radical (unpaired) electrons. The van der Waals surface area contributed by atoms with E-state index in [1.807, 2.05) is 13.0 Å². The third-order valence-electron chi connectivity index (χ3n) is 3.43. The molecule has 0 saturated carbocycles. The van der Waals surface area contributed by atoms with Crippen molar-refractivity contribution in [3.05, 3.63) is 66.5 Å². The summed E-state index contributed by atoms with van der Waals surface area (Å²) in [6.45, 7) is 1.95. The minimum atomic E-state index is -0.292. The molecule has 0 bridgehead atoms. The van der Waals surface area contributed by atoms with Crippen LogP contribution < -0.4 is 5.32 Å². The van der Waals surface area contributed by atoms with Crippen LogP contribution in [0.25, 0.3) is 11.3 Å². The molecule has 6 heteroatoms. The highest BCUT2D eigenvalue weighted by molar-refractivity contribution is 5.76. The van der Waals surface area contributed by atoms with Crippen LogP contribution in [0.1, 0.15) is 18.7 Å². The molecule has 1 N–H and O–H groups in total. The first-order valence-corrected chi connectivity index (χ1v) is 7.24. The fourth-order valence-corrected chi connectivity index (χ4v) is 2.27. The third kappa shape index (κ3) is 3.66. The maximum Gasteiger partial charge on any atom is 0.242 e. The van der Waals surface area contributed by atoms with Gasteiger partial charge in [-0.05, 0) is 49.4 Å². The smallest absolute Gasteiger partial charge is 0.242 e. The van der Waals surface area contributed by atoms with E-state index in [0.29, 0.717) is 11.5 Å². The molecule has 1 aromatic carbocycles. The summed E-state index contributed by atoms with van der Waals surface area (Å²) in [5.74, 6) is 0.243. The number of carbonyl (C=O) groups is 1. The van der Waals surface area contributed by atoms with Crippen LogP contribution in [0.15, 0.2) is 59.3 Å². The van der Waals surface area contributed by atoms with E-state index < -0.39 is 0 Å². The third-order valence-corrected chi connectivity index (χ3v) is 3.43. The molecule has 23 heavy (non-hydrogen) atoms. The van der Waals surface area contributed by atoms with Crippen molar-refractivity contribution in [1.82, 2.24) is 15.1 Å². The van der Waals surface area contributed by atoms with Crippen LogP contribution in [0.3, 0.4) is 0 Å². The second kappa shape index (κ2) is 6.48. The Morgan fingerprint density at radius 1 is 1.30 bits per heavy atom. The summed E-state index contributed by atoms with van der Waals surface area (Å²) in [4.78, 5) is 12.0. The van der Waals surface area contributed by atoms with E-state index in [0.717, 1.165) is 5.56 Å². The van der Waals surface area contributed by atoms with Crippen molar-refractivity contribution in [2.45, 2.75) is 19.5 Å². The predicted molar refractivity (Wildman–Crippen MR) is 82.9 cm³/mol. The first-order chi connectivity index (χ1) is 11.1. The number of benzene rings is 1. The van der Waals surface area contributed by atoms with Crippen molar-refractivity contribution in [1.29, 1.82) is 0 Å². The normalized spacial score (nSPS) is 12.1. The van der Waals surface area contributed by atoms with Gasteiger partial charge in [0.15, 0.2) is 0 Å². The molecule has 3 aromatic rings. The molecule has 0 aliphatic carbocycles. The van der Waals surface area contributed by atoms with E-state index >= 15 is 0 Å². The Kier molecular flexibility index (Phi) is 4.23. The summed E-state index contributed by atoms with van der Waals surface area (Å²) in [5.41, 5.74) is 1.49. The lowest BCUT2D eigenvalue weighted by Gasteiger charge is -2.11. The molecule has 118 valence electrons. The number of halogens is 1. The van der Waals surface area contributed by atoms with Crippen LogP contribution in [0.5, 0.6) is 0 Å². The molecule has 1 amide bonds. The number of carbonyl (C=O) groups excluding carboxylic acids is 1. The largest absolute Gasteiger partial charge is 0.467 e. The quantitative estimate of drug-likeness (QED) is 0.787. The Balaban J connectivity index is 1.62. The highest BCUT2D eigenvalue weighted by Crippen LogP contribution is 2.17. The van der Waals surface area contributed by atoms with Crippen LogP contribution in [0.4, 0.5) is 4.39 Å². The van der Waals surface area contributed by atoms with Gasteiger partial charge in [0.25, 0.3) is 0 Å². The second-order valence-electron chi connectivity index (χ2n) is 5.21. The molecule has 0 saturated heterocycles. The molecule has 1 atom stereocenters. The number of rotatable bonds is 5. The minimum absolute atomic E-state index is 0.103. The molecular formula is C17H16FN3O2. The van der Waals surface area contributed by atoms with E-state index in [1.54, 1.807) is 41.4 Å².